The lowest BCUT2D eigenvalue weighted by molar-refractivity contribution is -0.146. The number of carbonyl (C=O) groups is 3. The second-order valence-electron chi connectivity index (χ2n) is 10.1. The minimum absolute atomic E-state index is 0.155. The second kappa shape index (κ2) is 10.5. The first-order chi connectivity index (χ1) is 17.5. The molecule has 0 aromatic heterocycles. The monoisotopic (exact) mass is 593 g/mol. The summed E-state index contributed by atoms with van der Waals surface area (Å²) < 4.78 is 6.54. The molecular weight excluding hydrogens is 562 g/mol. The fourth-order valence-corrected chi connectivity index (χ4v) is 7.53. The Hall–Kier alpha value is -2.20. The van der Waals surface area contributed by atoms with E-state index in [-0.39, 0.29) is 35.7 Å². The molecule has 3 fully saturated rings. The van der Waals surface area contributed by atoms with E-state index < -0.39 is 35.6 Å². The van der Waals surface area contributed by atoms with Crippen molar-refractivity contribution >= 4 is 50.9 Å². The smallest absolute Gasteiger partial charge is 0.253 e. The molecule has 4 rings (SSSR count). The number of hydrogen-bond donors (Lipinski definition) is 1. The number of para-hydroxylation sites is 1. The van der Waals surface area contributed by atoms with Gasteiger partial charge in [-0.2, -0.15) is 0 Å². The first kappa shape index (κ1) is 27.8. The highest BCUT2D eigenvalue weighted by Gasteiger charge is 2.77. The Labute approximate surface area is 231 Å². The molecule has 10 heteroatoms. The van der Waals surface area contributed by atoms with Crippen LogP contribution in [0.3, 0.4) is 0 Å². The van der Waals surface area contributed by atoms with Gasteiger partial charge in [-0.05, 0) is 31.9 Å². The number of benzene rings is 1. The van der Waals surface area contributed by atoms with Gasteiger partial charge >= 0.3 is 0 Å². The number of alkyl halides is 1. The van der Waals surface area contributed by atoms with Gasteiger partial charge in [-0.15, -0.1) is 13.2 Å². The van der Waals surface area contributed by atoms with Crippen LogP contribution in [0.25, 0.3) is 0 Å². The SMILES string of the molecule is C=CCN(C)C(=O)[C@H]1[C@H]2C(=O)N([C@H](C)CO)C(C(=O)N(CC=C)c3c(C)cccc3Cl)C23CC(Br)[C@@H]1O3. The van der Waals surface area contributed by atoms with Crippen molar-refractivity contribution in [3.8, 4) is 0 Å². The van der Waals surface area contributed by atoms with Gasteiger partial charge in [0.15, 0.2) is 0 Å². The van der Waals surface area contributed by atoms with E-state index >= 15 is 0 Å². The van der Waals surface area contributed by atoms with E-state index in [0.717, 1.165) is 5.56 Å². The van der Waals surface area contributed by atoms with Crippen LogP contribution >= 0.6 is 27.5 Å². The number of anilines is 1. The van der Waals surface area contributed by atoms with E-state index in [1.54, 1.807) is 38.3 Å². The molecule has 3 saturated heterocycles. The standard InChI is InChI=1S/C27H33BrClN3O5/c1-6-11-30(5)24(34)19-20-25(35)32(16(4)14-33)23(27(20)13-17(28)22(19)37-27)26(36)31(12-7-2)21-15(3)9-8-10-18(21)29/h6-10,16-17,19-20,22-23,33H,1-2,11-14H2,3-5H3/t16-,17?,19+,20+,22+,23?,27?/m1/s1. The van der Waals surface area contributed by atoms with Gasteiger partial charge in [0.2, 0.25) is 11.8 Å². The van der Waals surface area contributed by atoms with Crippen LogP contribution in [0.4, 0.5) is 5.69 Å². The van der Waals surface area contributed by atoms with Gasteiger partial charge in [-0.1, -0.05) is 51.8 Å². The topological polar surface area (TPSA) is 90.4 Å². The maximum Gasteiger partial charge on any atom is 0.253 e. The Kier molecular flexibility index (Phi) is 7.91. The minimum atomic E-state index is -1.24. The number of likely N-dealkylation sites (N-methyl/N-ethyl adjacent to an activating group) is 1. The summed E-state index contributed by atoms with van der Waals surface area (Å²) in [6, 6.07) is 3.64. The summed E-state index contributed by atoms with van der Waals surface area (Å²) in [7, 11) is 1.66. The number of rotatable bonds is 9. The van der Waals surface area contributed by atoms with E-state index in [1.165, 1.54) is 14.7 Å². The molecule has 1 N–H and O–H groups in total. The summed E-state index contributed by atoms with van der Waals surface area (Å²) in [6.45, 7) is 11.2. The van der Waals surface area contributed by atoms with Gasteiger partial charge < -0.3 is 24.5 Å². The highest BCUT2D eigenvalue weighted by Crippen LogP contribution is 2.61. The fourth-order valence-electron chi connectivity index (χ4n) is 6.26. The van der Waals surface area contributed by atoms with E-state index in [4.69, 9.17) is 16.3 Å². The Morgan fingerprint density at radius 1 is 1.32 bits per heavy atom. The van der Waals surface area contributed by atoms with Crippen molar-refractivity contribution < 1.29 is 24.2 Å². The normalized spacial score (nSPS) is 30.7. The van der Waals surface area contributed by atoms with Crippen molar-refractivity contribution in [3.05, 3.63) is 54.1 Å². The molecule has 8 nitrogen and oxygen atoms in total. The van der Waals surface area contributed by atoms with Crippen molar-refractivity contribution in [2.45, 2.75) is 48.9 Å². The number of aryl methyl sites for hydroxylation is 1. The predicted molar refractivity (Wildman–Crippen MR) is 146 cm³/mol. The first-order valence-corrected chi connectivity index (χ1v) is 13.6. The van der Waals surface area contributed by atoms with Gasteiger partial charge in [-0.3, -0.25) is 14.4 Å². The molecule has 1 aromatic carbocycles. The Morgan fingerprint density at radius 3 is 2.59 bits per heavy atom. The van der Waals surface area contributed by atoms with Gasteiger partial charge in [0.1, 0.15) is 11.6 Å². The molecule has 1 aromatic rings. The van der Waals surface area contributed by atoms with Crippen LogP contribution in [0, 0.1) is 18.8 Å². The van der Waals surface area contributed by atoms with Crippen LogP contribution < -0.4 is 4.90 Å². The van der Waals surface area contributed by atoms with E-state index in [9.17, 15) is 19.5 Å². The summed E-state index contributed by atoms with van der Waals surface area (Å²) in [5.74, 6) is -2.60. The van der Waals surface area contributed by atoms with Crippen molar-refractivity contribution in [3.63, 3.8) is 0 Å². The molecular formula is C27H33BrClN3O5. The zero-order valence-electron chi connectivity index (χ0n) is 21.3. The van der Waals surface area contributed by atoms with E-state index in [1.807, 2.05) is 13.0 Å². The molecule has 3 amide bonds. The van der Waals surface area contributed by atoms with Crippen LogP contribution in [0.2, 0.25) is 5.02 Å². The predicted octanol–water partition coefficient (Wildman–Crippen LogP) is 2.94. The van der Waals surface area contributed by atoms with Crippen molar-refractivity contribution in [1.82, 2.24) is 9.80 Å². The molecule has 3 aliphatic rings. The third kappa shape index (κ3) is 4.24. The summed E-state index contributed by atoms with van der Waals surface area (Å²) in [6.07, 6.45) is 3.03. The Bertz CT molecular complexity index is 1110. The third-order valence-corrected chi connectivity index (χ3v) is 8.95. The quantitative estimate of drug-likeness (QED) is 0.351. The molecule has 0 radical (unpaired) electrons. The molecule has 3 unspecified atom stereocenters. The number of hydrogen-bond acceptors (Lipinski definition) is 5. The van der Waals surface area contributed by atoms with Gasteiger partial charge in [-0.25, -0.2) is 0 Å². The summed E-state index contributed by atoms with van der Waals surface area (Å²) in [5, 5.41) is 10.5. The highest BCUT2D eigenvalue weighted by atomic mass is 79.9. The Balaban J connectivity index is 1.85. The Morgan fingerprint density at radius 2 is 2.00 bits per heavy atom. The molecule has 0 aliphatic carbocycles. The molecule has 3 aliphatic heterocycles. The van der Waals surface area contributed by atoms with Crippen LogP contribution in [0.1, 0.15) is 18.9 Å². The molecule has 2 bridgehead atoms. The molecule has 7 atom stereocenters. The zero-order valence-corrected chi connectivity index (χ0v) is 23.6. The number of amides is 3. The van der Waals surface area contributed by atoms with Crippen LogP contribution in [0.15, 0.2) is 43.5 Å². The average molecular weight is 595 g/mol. The lowest BCUT2D eigenvalue weighted by Gasteiger charge is -2.39. The zero-order chi connectivity index (χ0) is 27.2. The maximum atomic E-state index is 14.5. The number of aliphatic hydroxyl groups excluding tert-OH is 1. The summed E-state index contributed by atoms with van der Waals surface area (Å²) in [4.78, 5) is 46.4. The number of fused-ring (bicyclic) bond motifs is 1. The fraction of sp³-hybridized carbons (Fsp3) is 0.519. The van der Waals surface area contributed by atoms with Crippen LogP contribution in [-0.4, -0.2) is 88.0 Å². The van der Waals surface area contributed by atoms with Gasteiger partial charge in [0.25, 0.3) is 5.91 Å². The van der Waals surface area contributed by atoms with E-state index in [0.29, 0.717) is 23.7 Å². The number of aliphatic hydroxyl groups is 1. The molecule has 0 saturated carbocycles. The number of likely N-dealkylation sites (tertiary alicyclic amines) is 1. The molecule has 1 spiro atoms. The average Bonchev–Trinajstić information content (AvgIpc) is 3.45. The van der Waals surface area contributed by atoms with Crippen molar-refractivity contribution in [2.75, 3.05) is 31.6 Å². The van der Waals surface area contributed by atoms with E-state index in [2.05, 4.69) is 29.1 Å². The van der Waals surface area contributed by atoms with Gasteiger partial charge in [0.05, 0.1) is 41.3 Å². The summed E-state index contributed by atoms with van der Waals surface area (Å²) in [5.41, 5.74) is 0.0802. The summed E-state index contributed by atoms with van der Waals surface area (Å²) >= 11 is 10.2. The van der Waals surface area contributed by atoms with Crippen LogP contribution in [-0.2, 0) is 19.1 Å². The van der Waals surface area contributed by atoms with Crippen LogP contribution in [0.5, 0.6) is 0 Å². The van der Waals surface area contributed by atoms with Gasteiger partial charge in [0, 0.05) is 25.0 Å². The highest BCUT2D eigenvalue weighted by molar-refractivity contribution is 9.09. The molecule has 3 heterocycles. The number of nitrogens with zero attached hydrogens (tertiary/aromatic N) is 3. The molecule has 200 valence electrons. The van der Waals surface area contributed by atoms with Crippen molar-refractivity contribution in [2.24, 2.45) is 11.8 Å². The third-order valence-electron chi connectivity index (χ3n) is 7.80. The van der Waals surface area contributed by atoms with Crippen molar-refractivity contribution in [1.29, 1.82) is 0 Å². The minimum Gasteiger partial charge on any atom is -0.394 e. The maximum absolute atomic E-state index is 14.5. The first-order valence-electron chi connectivity index (χ1n) is 12.3. The lowest BCUT2D eigenvalue weighted by Crippen LogP contribution is -2.59. The number of ether oxygens (including phenoxy) is 1. The number of halogens is 2. The number of carbonyl (C=O) groups excluding carboxylic acids is 3. The second-order valence-corrected chi connectivity index (χ2v) is 11.7. The lowest BCUT2D eigenvalue weighted by atomic mass is 9.70. The largest absolute Gasteiger partial charge is 0.394 e. The molecule has 37 heavy (non-hydrogen) atoms.